The number of para-hydroxylation sites is 1. The molecular formula is C12H14FN3OS. The van der Waals surface area contributed by atoms with Crippen LogP contribution >= 0.6 is 12.2 Å². The second kappa shape index (κ2) is 4.53. The van der Waals surface area contributed by atoms with Gasteiger partial charge in [-0.25, -0.2) is 4.39 Å². The number of nitrogens with two attached hydrogens (primary N) is 1. The Labute approximate surface area is 109 Å². The van der Waals surface area contributed by atoms with Crippen LogP contribution in [-0.2, 0) is 4.79 Å². The summed E-state index contributed by atoms with van der Waals surface area (Å²) >= 11 is 5.16. The maximum absolute atomic E-state index is 13.6. The Hall–Kier alpha value is -1.69. The minimum atomic E-state index is -0.590. The van der Waals surface area contributed by atoms with Crippen molar-refractivity contribution in [3.63, 3.8) is 0 Å². The molecule has 2 rings (SSSR count). The first-order chi connectivity index (χ1) is 8.43. The number of hydrogen-bond acceptors (Lipinski definition) is 2. The van der Waals surface area contributed by atoms with Gasteiger partial charge in [0.15, 0.2) is 4.77 Å². The van der Waals surface area contributed by atoms with Crippen molar-refractivity contribution < 1.29 is 9.18 Å². The SMILES string of the molecule is CC(C)C(C(N)=O)n1c(=S)[nH]c2c(F)cccc21. The summed E-state index contributed by atoms with van der Waals surface area (Å²) in [6.45, 7) is 3.74. The minimum absolute atomic E-state index is 0.0310. The highest BCUT2D eigenvalue weighted by Gasteiger charge is 2.24. The van der Waals surface area contributed by atoms with E-state index in [9.17, 15) is 9.18 Å². The zero-order valence-corrected chi connectivity index (χ0v) is 10.9. The first-order valence-electron chi connectivity index (χ1n) is 5.61. The van der Waals surface area contributed by atoms with E-state index in [0.29, 0.717) is 15.8 Å². The monoisotopic (exact) mass is 267 g/mol. The van der Waals surface area contributed by atoms with Gasteiger partial charge in [0.05, 0.1) is 5.52 Å². The summed E-state index contributed by atoms with van der Waals surface area (Å²) < 4.78 is 15.5. The molecule has 0 saturated carbocycles. The van der Waals surface area contributed by atoms with E-state index in [1.165, 1.54) is 6.07 Å². The van der Waals surface area contributed by atoms with Crippen LogP contribution in [0.2, 0.25) is 0 Å². The largest absolute Gasteiger partial charge is 0.368 e. The van der Waals surface area contributed by atoms with Gasteiger partial charge in [0.25, 0.3) is 0 Å². The second-order valence-corrected chi connectivity index (χ2v) is 4.91. The van der Waals surface area contributed by atoms with Crippen LogP contribution < -0.4 is 5.73 Å². The molecule has 0 aliphatic rings. The lowest BCUT2D eigenvalue weighted by Crippen LogP contribution is -2.30. The van der Waals surface area contributed by atoms with Crippen LogP contribution in [0.5, 0.6) is 0 Å². The van der Waals surface area contributed by atoms with Crippen LogP contribution in [0, 0.1) is 16.5 Å². The third-order valence-corrected chi connectivity index (χ3v) is 3.20. The number of carbonyl (C=O) groups is 1. The van der Waals surface area contributed by atoms with Crippen molar-refractivity contribution in [2.45, 2.75) is 19.9 Å². The molecule has 0 aliphatic heterocycles. The molecule has 3 N–H and O–H groups in total. The predicted molar refractivity (Wildman–Crippen MR) is 70.2 cm³/mol. The average Bonchev–Trinajstić information content (AvgIpc) is 2.57. The van der Waals surface area contributed by atoms with E-state index in [4.69, 9.17) is 18.0 Å². The number of halogens is 1. The topological polar surface area (TPSA) is 63.8 Å². The number of carbonyl (C=O) groups excluding carboxylic acids is 1. The van der Waals surface area contributed by atoms with Gasteiger partial charge in [-0.3, -0.25) is 4.79 Å². The summed E-state index contributed by atoms with van der Waals surface area (Å²) in [5.41, 5.74) is 6.27. The molecule has 18 heavy (non-hydrogen) atoms. The second-order valence-electron chi connectivity index (χ2n) is 4.53. The number of rotatable bonds is 3. The highest BCUT2D eigenvalue weighted by Crippen LogP contribution is 2.25. The van der Waals surface area contributed by atoms with E-state index in [1.807, 2.05) is 13.8 Å². The van der Waals surface area contributed by atoms with Crippen LogP contribution in [0.25, 0.3) is 11.0 Å². The van der Waals surface area contributed by atoms with Crippen molar-refractivity contribution in [2.24, 2.45) is 11.7 Å². The number of nitrogens with zero attached hydrogens (tertiary/aromatic N) is 1. The minimum Gasteiger partial charge on any atom is -0.368 e. The maximum atomic E-state index is 13.6. The Bertz CT molecular complexity index is 659. The lowest BCUT2D eigenvalue weighted by molar-refractivity contribution is -0.122. The molecule has 1 amide bonds. The van der Waals surface area contributed by atoms with Gasteiger partial charge < -0.3 is 15.3 Å². The number of amides is 1. The molecule has 4 nitrogen and oxygen atoms in total. The smallest absolute Gasteiger partial charge is 0.240 e. The van der Waals surface area contributed by atoms with Crippen LogP contribution in [0.15, 0.2) is 18.2 Å². The molecule has 1 unspecified atom stereocenters. The number of H-pyrrole nitrogens is 1. The fourth-order valence-electron chi connectivity index (χ4n) is 2.14. The van der Waals surface area contributed by atoms with Crippen molar-refractivity contribution in [2.75, 3.05) is 0 Å². The lowest BCUT2D eigenvalue weighted by Gasteiger charge is -2.19. The predicted octanol–water partition coefficient (Wildman–Crippen LogP) is 2.52. The number of primary amides is 1. The first-order valence-corrected chi connectivity index (χ1v) is 6.02. The number of imidazole rings is 1. The normalized spacial score (nSPS) is 13.1. The molecule has 0 bridgehead atoms. The molecule has 0 saturated heterocycles. The fraction of sp³-hybridized carbons (Fsp3) is 0.333. The van der Waals surface area contributed by atoms with Crippen molar-refractivity contribution in [1.82, 2.24) is 9.55 Å². The van der Waals surface area contributed by atoms with Gasteiger partial charge in [-0.1, -0.05) is 19.9 Å². The molecule has 2 aromatic rings. The van der Waals surface area contributed by atoms with Gasteiger partial charge in [0, 0.05) is 0 Å². The van der Waals surface area contributed by atoms with Gasteiger partial charge in [0.1, 0.15) is 17.4 Å². The summed E-state index contributed by atoms with van der Waals surface area (Å²) in [4.78, 5) is 14.3. The van der Waals surface area contributed by atoms with E-state index < -0.39 is 17.8 Å². The van der Waals surface area contributed by atoms with E-state index in [0.717, 1.165) is 0 Å². The van der Waals surface area contributed by atoms with Crippen molar-refractivity contribution >= 4 is 29.2 Å². The highest BCUT2D eigenvalue weighted by molar-refractivity contribution is 7.71. The molecule has 6 heteroatoms. The zero-order chi connectivity index (χ0) is 13.4. The molecule has 1 atom stereocenters. The number of hydrogen-bond donors (Lipinski definition) is 2. The number of fused-ring (bicyclic) bond motifs is 1. The van der Waals surface area contributed by atoms with Crippen molar-refractivity contribution in [3.8, 4) is 0 Å². The molecule has 0 spiro atoms. The number of aromatic nitrogens is 2. The summed E-state index contributed by atoms with van der Waals surface area (Å²) in [5, 5.41) is 0. The molecule has 0 aliphatic carbocycles. The van der Waals surface area contributed by atoms with Crippen LogP contribution in [0.3, 0.4) is 0 Å². The Morgan fingerprint density at radius 3 is 2.72 bits per heavy atom. The highest BCUT2D eigenvalue weighted by atomic mass is 32.1. The Morgan fingerprint density at radius 2 is 2.17 bits per heavy atom. The number of nitrogens with one attached hydrogen (secondary N) is 1. The summed E-state index contributed by atoms with van der Waals surface area (Å²) in [5.74, 6) is -0.910. The molecule has 1 heterocycles. The van der Waals surface area contributed by atoms with E-state index in [2.05, 4.69) is 4.98 Å². The maximum Gasteiger partial charge on any atom is 0.240 e. The summed E-state index contributed by atoms with van der Waals surface area (Å²) in [7, 11) is 0. The molecular weight excluding hydrogens is 253 g/mol. The third kappa shape index (κ3) is 1.92. The average molecular weight is 267 g/mol. The summed E-state index contributed by atoms with van der Waals surface area (Å²) in [6.07, 6.45) is 0. The Kier molecular flexibility index (Phi) is 3.21. The van der Waals surface area contributed by atoms with Crippen LogP contribution in [0.1, 0.15) is 19.9 Å². The van der Waals surface area contributed by atoms with E-state index in [-0.39, 0.29) is 5.92 Å². The standard InChI is InChI=1S/C12H14FN3OS/c1-6(2)10(11(14)17)16-8-5-3-4-7(13)9(8)15-12(16)18/h3-6,10H,1-2H3,(H2,14,17)(H,15,18). The van der Waals surface area contributed by atoms with Gasteiger partial charge >= 0.3 is 0 Å². The fourth-order valence-corrected chi connectivity index (χ4v) is 2.46. The zero-order valence-electron chi connectivity index (χ0n) is 10.1. The van der Waals surface area contributed by atoms with Gasteiger partial charge in [-0.15, -0.1) is 0 Å². The molecule has 0 fully saturated rings. The van der Waals surface area contributed by atoms with E-state index >= 15 is 0 Å². The van der Waals surface area contributed by atoms with Gasteiger partial charge in [-0.2, -0.15) is 0 Å². The van der Waals surface area contributed by atoms with Gasteiger partial charge in [0.2, 0.25) is 5.91 Å². The summed E-state index contributed by atoms with van der Waals surface area (Å²) in [6, 6.07) is 4.04. The van der Waals surface area contributed by atoms with Crippen molar-refractivity contribution in [1.29, 1.82) is 0 Å². The number of aromatic amines is 1. The molecule has 1 aromatic carbocycles. The quantitative estimate of drug-likeness (QED) is 0.839. The first kappa shape index (κ1) is 12.8. The lowest BCUT2D eigenvalue weighted by atomic mass is 10.0. The molecule has 1 aromatic heterocycles. The third-order valence-electron chi connectivity index (χ3n) is 2.90. The molecule has 0 radical (unpaired) electrons. The van der Waals surface area contributed by atoms with Gasteiger partial charge in [-0.05, 0) is 30.3 Å². The number of benzene rings is 1. The van der Waals surface area contributed by atoms with Crippen LogP contribution in [-0.4, -0.2) is 15.5 Å². The Morgan fingerprint density at radius 1 is 1.50 bits per heavy atom. The molecule has 96 valence electrons. The van der Waals surface area contributed by atoms with E-state index in [1.54, 1.807) is 16.7 Å². The Balaban J connectivity index is 2.78. The van der Waals surface area contributed by atoms with Crippen LogP contribution in [0.4, 0.5) is 4.39 Å². The van der Waals surface area contributed by atoms with Crippen molar-refractivity contribution in [3.05, 3.63) is 28.8 Å².